The second-order valence-electron chi connectivity index (χ2n) is 5.46. The number of ether oxygens (including phenoxy) is 2. The molecule has 0 aliphatic heterocycles. The van der Waals surface area contributed by atoms with Crippen molar-refractivity contribution in [2.24, 2.45) is 0 Å². The first-order valence-corrected chi connectivity index (χ1v) is 7.69. The maximum absolute atomic E-state index is 12.3. The monoisotopic (exact) mass is 344 g/mol. The summed E-state index contributed by atoms with van der Waals surface area (Å²) < 4.78 is 10.5. The molecule has 0 spiro atoms. The molecule has 0 aromatic heterocycles. The Morgan fingerprint density at radius 2 is 1.92 bits per heavy atom. The molecule has 1 amide bonds. The van der Waals surface area contributed by atoms with Crippen LogP contribution in [0.25, 0.3) is 0 Å². The van der Waals surface area contributed by atoms with E-state index < -0.39 is 4.92 Å². The highest BCUT2D eigenvalue weighted by Crippen LogP contribution is 2.29. The Kier molecular flexibility index (Phi) is 5.94. The minimum absolute atomic E-state index is 0.0655. The number of nitro groups is 1. The van der Waals surface area contributed by atoms with Crippen molar-refractivity contribution < 1.29 is 19.2 Å². The molecule has 1 unspecified atom stereocenters. The number of amides is 1. The number of nitrogens with zero attached hydrogens (tertiary/aromatic N) is 1. The molecule has 0 aliphatic rings. The van der Waals surface area contributed by atoms with Crippen LogP contribution in [0.15, 0.2) is 42.5 Å². The van der Waals surface area contributed by atoms with Crippen LogP contribution in [0.4, 0.5) is 5.69 Å². The van der Waals surface area contributed by atoms with Crippen LogP contribution in [0, 0.1) is 10.1 Å². The topological polar surface area (TPSA) is 90.7 Å². The first-order chi connectivity index (χ1) is 12.0. The highest BCUT2D eigenvalue weighted by Gasteiger charge is 2.19. The minimum Gasteiger partial charge on any atom is -0.497 e. The lowest BCUT2D eigenvalue weighted by Gasteiger charge is -2.18. The number of hydrogen-bond donors (Lipinski definition) is 1. The summed E-state index contributed by atoms with van der Waals surface area (Å²) in [6, 6.07) is 11.2. The van der Waals surface area contributed by atoms with E-state index in [4.69, 9.17) is 9.47 Å². The summed E-state index contributed by atoms with van der Waals surface area (Å²) in [4.78, 5) is 22.9. The molecule has 2 rings (SSSR count). The molecular weight excluding hydrogens is 324 g/mol. The zero-order valence-corrected chi connectivity index (χ0v) is 14.3. The summed E-state index contributed by atoms with van der Waals surface area (Å²) in [6.45, 7) is 1.81. The van der Waals surface area contributed by atoms with Gasteiger partial charge in [-0.1, -0.05) is 18.2 Å². The second-order valence-corrected chi connectivity index (χ2v) is 5.46. The third-order valence-electron chi connectivity index (χ3n) is 3.82. The van der Waals surface area contributed by atoms with E-state index in [1.54, 1.807) is 50.6 Å². The number of hydrogen-bond acceptors (Lipinski definition) is 5. The molecular formula is C18H20N2O5. The Morgan fingerprint density at radius 3 is 2.56 bits per heavy atom. The van der Waals surface area contributed by atoms with Crippen molar-refractivity contribution in [3.63, 3.8) is 0 Å². The van der Waals surface area contributed by atoms with Gasteiger partial charge in [-0.15, -0.1) is 0 Å². The lowest BCUT2D eigenvalue weighted by atomic mass is 10.1. The summed E-state index contributed by atoms with van der Waals surface area (Å²) in [6.07, 6.45) is -0.0756. The maximum Gasteiger partial charge on any atom is 0.273 e. The highest BCUT2D eigenvalue weighted by atomic mass is 16.6. The van der Waals surface area contributed by atoms with Gasteiger partial charge in [-0.25, -0.2) is 0 Å². The molecule has 0 bridgehead atoms. The Bertz CT molecular complexity index is 776. The molecule has 0 fully saturated rings. The zero-order valence-electron chi connectivity index (χ0n) is 14.3. The average Bonchev–Trinajstić information content (AvgIpc) is 2.61. The summed E-state index contributed by atoms with van der Waals surface area (Å²) in [7, 11) is 3.11. The van der Waals surface area contributed by atoms with Gasteiger partial charge in [0, 0.05) is 17.2 Å². The number of nitrogens with one attached hydrogen (secondary N) is 1. The van der Waals surface area contributed by atoms with Gasteiger partial charge >= 0.3 is 0 Å². The second kappa shape index (κ2) is 8.14. The van der Waals surface area contributed by atoms with E-state index in [0.29, 0.717) is 17.1 Å². The van der Waals surface area contributed by atoms with Crippen molar-refractivity contribution in [2.75, 3.05) is 14.2 Å². The fourth-order valence-corrected chi connectivity index (χ4v) is 2.56. The lowest BCUT2D eigenvalue weighted by molar-refractivity contribution is -0.385. The highest BCUT2D eigenvalue weighted by molar-refractivity contribution is 5.80. The van der Waals surface area contributed by atoms with E-state index in [1.807, 2.05) is 6.92 Å². The molecule has 132 valence electrons. The molecule has 0 saturated carbocycles. The summed E-state index contributed by atoms with van der Waals surface area (Å²) >= 11 is 0. The third kappa shape index (κ3) is 4.47. The number of carbonyl (C=O) groups is 1. The van der Waals surface area contributed by atoms with Gasteiger partial charge < -0.3 is 14.8 Å². The molecule has 25 heavy (non-hydrogen) atoms. The van der Waals surface area contributed by atoms with Crippen LogP contribution < -0.4 is 14.8 Å². The summed E-state index contributed by atoms with van der Waals surface area (Å²) in [5.41, 5.74) is 1.07. The Morgan fingerprint density at radius 1 is 1.20 bits per heavy atom. The van der Waals surface area contributed by atoms with Gasteiger partial charge in [0.1, 0.15) is 11.5 Å². The number of para-hydroxylation sites is 1. The number of carbonyl (C=O) groups excluding carboxylic acids is 1. The van der Waals surface area contributed by atoms with Gasteiger partial charge in [0.25, 0.3) is 5.69 Å². The standard InChI is InChI=1S/C18H20N2O5/c1-12(15-11-14(24-2)8-9-17(15)25-3)19-18(21)10-13-6-4-5-7-16(13)20(22)23/h4-9,11-12H,10H2,1-3H3,(H,19,21). The predicted octanol–water partition coefficient (Wildman–Crippen LogP) is 3.03. The van der Waals surface area contributed by atoms with Crippen LogP contribution in [-0.2, 0) is 11.2 Å². The van der Waals surface area contributed by atoms with Gasteiger partial charge in [0.2, 0.25) is 5.91 Å². The largest absolute Gasteiger partial charge is 0.497 e. The fourth-order valence-electron chi connectivity index (χ4n) is 2.56. The zero-order chi connectivity index (χ0) is 18.4. The normalized spacial score (nSPS) is 11.5. The molecule has 0 saturated heterocycles. The van der Waals surface area contributed by atoms with Crippen LogP contribution in [0.5, 0.6) is 11.5 Å². The van der Waals surface area contributed by atoms with Gasteiger partial charge in [0.05, 0.1) is 31.6 Å². The SMILES string of the molecule is COc1ccc(OC)c(C(C)NC(=O)Cc2ccccc2[N+](=O)[O-])c1. The van der Waals surface area contributed by atoms with E-state index in [-0.39, 0.29) is 24.1 Å². The fraction of sp³-hybridized carbons (Fsp3) is 0.278. The predicted molar refractivity (Wildman–Crippen MR) is 92.9 cm³/mol. The minimum atomic E-state index is -0.489. The van der Waals surface area contributed by atoms with Crippen molar-refractivity contribution in [3.05, 3.63) is 63.7 Å². The van der Waals surface area contributed by atoms with Crippen molar-refractivity contribution in [1.82, 2.24) is 5.32 Å². The van der Waals surface area contributed by atoms with Crippen molar-refractivity contribution in [3.8, 4) is 11.5 Å². The number of methoxy groups -OCH3 is 2. The van der Waals surface area contributed by atoms with Gasteiger partial charge in [0.15, 0.2) is 0 Å². The molecule has 1 N–H and O–H groups in total. The Balaban J connectivity index is 2.15. The van der Waals surface area contributed by atoms with E-state index in [2.05, 4.69) is 5.32 Å². The molecule has 7 heteroatoms. The molecule has 7 nitrogen and oxygen atoms in total. The van der Waals surface area contributed by atoms with Crippen molar-refractivity contribution >= 4 is 11.6 Å². The van der Waals surface area contributed by atoms with Crippen molar-refractivity contribution in [1.29, 1.82) is 0 Å². The van der Waals surface area contributed by atoms with Crippen LogP contribution in [0.1, 0.15) is 24.1 Å². The quantitative estimate of drug-likeness (QED) is 0.616. The summed E-state index contributed by atoms with van der Waals surface area (Å²) in [5, 5.41) is 13.9. The maximum atomic E-state index is 12.3. The van der Waals surface area contributed by atoms with Crippen LogP contribution in [0.2, 0.25) is 0 Å². The number of benzene rings is 2. The van der Waals surface area contributed by atoms with Crippen LogP contribution in [-0.4, -0.2) is 25.1 Å². The lowest BCUT2D eigenvalue weighted by Crippen LogP contribution is -2.28. The Labute approximate surface area is 145 Å². The number of rotatable bonds is 7. The number of nitro benzene ring substituents is 1. The van der Waals surface area contributed by atoms with Gasteiger partial charge in [-0.05, 0) is 25.1 Å². The van der Waals surface area contributed by atoms with Gasteiger partial charge in [-0.2, -0.15) is 0 Å². The molecule has 2 aromatic carbocycles. The van der Waals surface area contributed by atoms with Crippen molar-refractivity contribution in [2.45, 2.75) is 19.4 Å². The molecule has 0 heterocycles. The molecule has 1 atom stereocenters. The first-order valence-electron chi connectivity index (χ1n) is 7.69. The molecule has 2 aromatic rings. The smallest absolute Gasteiger partial charge is 0.273 e. The molecule has 0 radical (unpaired) electrons. The third-order valence-corrected chi connectivity index (χ3v) is 3.82. The van der Waals surface area contributed by atoms with E-state index in [9.17, 15) is 14.9 Å². The van der Waals surface area contributed by atoms with E-state index >= 15 is 0 Å². The van der Waals surface area contributed by atoms with E-state index in [1.165, 1.54) is 6.07 Å². The van der Waals surface area contributed by atoms with E-state index in [0.717, 1.165) is 5.56 Å². The van der Waals surface area contributed by atoms with Crippen LogP contribution >= 0.6 is 0 Å². The van der Waals surface area contributed by atoms with Gasteiger partial charge in [-0.3, -0.25) is 14.9 Å². The summed E-state index contributed by atoms with van der Waals surface area (Å²) in [5.74, 6) is 0.960. The Hall–Kier alpha value is -3.09. The average molecular weight is 344 g/mol. The molecule has 0 aliphatic carbocycles. The first kappa shape index (κ1) is 18.3. The van der Waals surface area contributed by atoms with Crippen LogP contribution in [0.3, 0.4) is 0 Å².